The third-order valence-corrected chi connectivity index (χ3v) is 6.52. The largest absolute Gasteiger partial charge is 0.461 e. The summed E-state index contributed by atoms with van der Waals surface area (Å²) >= 11 is 0. The molecular weight excluding hydrogens is 520 g/mol. The van der Waals surface area contributed by atoms with Gasteiger partial charge in [0.25, 0.3) is 0 Å². The Hall–Kier alpha value is -4.85. The van der Waals surface area contributed by atoms with E-state index in [0.717, 1.165) is 53.3 Å². The molecule has 0 aromatic heterocycles. The van der Waals surface area contributed by atoms with Crippen LogP contribution in [0.4, 0.5) is 9.59 Å². The van der Waals surface area contributed by atoms with E-state index < -0.39 is 18.2 Å². The average molecular weight is 555 g/mol. The lowest BCUT2D eigenvalue weighted by molar-refractivity contribution is -0.137. The summed E-state index contributed by atoms with van der Waals surface area (Å²) in [4.78, 5) is 36.9. The molecule has 0 atom stereocenters. The van der Waals surface area contributed by atoms with Gasteiger partial charge in [-0.15, -0.1) is 0 Å². The Morgan fingerprint density at radius 2 is 1.24 bits per heavy atom. The number of hydrogen-bond acceptors (Lipinski definition) is 6. The van der Waals surface area contributed by atoms with E-state index in [-0.39, 0.29) is 18.9 Å². The summed E-state index contributed by atoms with van der Waals surface area (Å²) in [6, 6.07) is 22.7. The van der Waals surface area contributed by atoms with Gasteiger partial charge in [0.1, 0.15) is 18.1 Å². The highest BCUT2D eigenvalue weighted by atomic mass is 16.6. The summed E-state index contributed by atoms with van der Waals surface area (Å²) in [6.07, 6.45) is 3.92. The maximum atomic E-state index is 12.8. The zero-order valence-electron chi connectivity index (χ0n) is 23.1. The Morgan fingerprint density at radius 1 is 0.707 bits per heavy atom. The summed E-state index contributed by atoms with van der Waals surface area (Å²) in [5, 5.41) is 8.94. The third kappa shape index (κ3) is 7.63. The Balaban J connectivity index is 1.71. The normalized spacial score (nSPS) is 10.7. The van der Waals surface area contributed by atoms with Crippen molar-refractivity contribution < 1.29 is 28.6 Å². The van der Waals surface area contributed by atoms with Crippen LogP contribution >= 0.6 is 0 Å². The van der Waals surface area contributed by atoms with Crippen molar-refractivity contribution in [3.05, 3.63) is 85.5 Å². The fourth-order valence-electron chi connectivity index (χ4n) is 4.57. The van der Waals surface area contributed by atoms with E-state index in [1.807, 2.05) is 60.7 Å². The van der Waals surface area contributed by atoms with Crippen molar-refractivity contribution in [2.24, 2.45) is 0 Å². The molecule has 0 saturated heterocycles. The van der Waals surface area contributed by atoms with Crippen LogP contribution in [0.25, 0.3) is 32.7 Å². The van der Waals surface area contributed by atoms with Gasteiger partial charge in [-0.25, -0.2) is 14.4 Å². The molecule has 4 aromatic rings. The van der Waals surface area contributed by atoms with Crippen molar-refractivity contribution in [2.75, 3.05) is 19.7 Å². The molecule has 0 bridgehead atoms. The van der Waals surface area contributed by atoms with Gasteiger partial charge in [-0.3, -0.25) is 0 Å². The van der Waals surface area contributed by atoms with Crippen molar-refractivity contribution in [1.29, 1.82) is 0 Å². The zero-order valence-corrected chi connectivity index (χ0v) is 23.1. The molecule has 41 heavy (non-hydrogen) atoms. The van der Waals surface area contributed by atoms with Gasteiger partial charge in [0.05, 0.1) is 6.54 Å². The molecular formula is C33H34N2O6. The second kappa shape index (κ2) is 14.5. The molecule has 0 heterocycles. The third-order valence-electron chi connectivity index (χ3n) is 6.52. The minimum Gasteiger partial charge on any atom is -0.461 e. The molecule has 0 unspecified atom stereocenters. The van der Waals surface area contributed by atoms with Gasteiger partial charge in [-0.1, -0.05) is 93.4 Å². The first-order chi connectivity index (χ1) is 20.0. The Morgan fingerprint density at radius 3 is 1.78 bits per heavy atom. The topological polar surface area (TPSA) is 103 Å². The number of carbonyl (C=O) groups is 3. The van der Waals surface area contributed by atoms with Crippen molar-refractivity contribution in [3.8, 4) is 22.6 Å². The van der Waals surface area contributed by atoms with Gasteiger partial charge in [0.2, 0.25) is 0 Å². The van der Waals surface area contributed by atoms with Gasteiger partial charge in [0.15, 0.2) is 0 Å². The lowest BCUT2D eigenvalue weighted by Crippen LogP contribution is -2.30. The molecule has 8 heteroatoms. The van der Waals surface area contributed by atoms with Crippen molar-refractivity contribution in [2.45, 2.75) is 32.6 Å². The standard InChI is InChI=1S/C33H34N2O6/c1-3-5-6-11-20-34-32(37)40-27-18-16-23-12-7-9-14-25(23)30(27)31-26-15-10-8-13-24(26)17-19-28(31)41-33(38)35-21-22-39-29(36)4-2/h4,7-10,12-19H,2-3,5-6,11,20-22H2,1H3,(H,34,37)(H,35,38). The first-order valence-electron chi connectivity index (χ1n) is 13.8. The molecule has 0 saturated carbocycles. The van der Waals surface area contributed by atoms with Crippen LogP contribution in [0.15, 0.2) is 85.5 Å². The summed E-state index contributed by atoms with van der Waals surface area (Å²) in [6.45, 7) is 6.03. The number of amides is 2. The summed E-state index contributed by atoms with van der Waals surface area (Å²) in [5.41, 5.74) is 1.24. The van der Waals surface area contributed by atoms with Crippen LogP contribution in [-0.2, 0) is 9.53 Å². The quantitative estimate of drug-likeness (QED) is 0.110. The molecule has 0 aliphatic heterocycles. The minimum absolute atomic E-state index is 0.0284. The van der Waals surface area contributed by atoms with Crippen LogP contribution in [0.2, 0.25) is 0 Å². The fraction of sp³-hybridized carbons (Fsp3) is 0.242. The molecule has 2 N–H and O–H groups in total. The first kappa shape index (κ1) is 29.1. The Labute approximate surface area is 239 Å². The molecule has 212 valence electrons. The number of esters is 1. The van der Waals surface area contributed by atoms with Crippen LogP contribution in [0.3, 0.4) is 0 Å². The van der Waals surface area contributed by atoms with Gasteiger partial charge >= 0.3 is 18.2 Å². The van der Waals surface area contributed by atoms with Crippen LogP contribution in [0, 0.1) is 0 Å². The van der Waals surface area contributed by atoms with E-state index in [2.05, 4.69) is 24.1 Å². The summed E-state index contributed by atoms with van der Waals surface area (Å²) < 4.78 is 16.6. The molecule has 4 aromatic carbocycles. The summed E-state index contributed by atoms with van der Waals surface area (Å²) in [5.74, 6) is 0.0450. The second-order valence-electron chi connectivity index (χ2n) is 9.38. The molecule has 0 fully saturated rings. The zero-order chi connectivity index (χ0) is 29.0. The minimum atomic E-state index is -0.719. The van der Waals surface area contributed by atoms with Crippen LogP contribution in [0.1, 0.15) is 32.6 Å². The highest BCUT2D eigenvalue weighted by molar-refractivity contribution is 6.10. The highest BCUT2D eigenvalue weighted by Gasteiger charge is 2.22. The molecule has 0 aliphatic rings. The molecule has 0 aliphatic carbocycles. The van der Waals surface area contributed by atoms with E-state index in [9.17, 15) is 14.4 Å². The lowest BCUT2D eigenvalue weighted by Gasteiger charge is -2.19. The monoisotopic (exact) mass is 554 g/mol. The number of carbonyl (C=O) groups excluding carboxylic acids is 3. The molecule has 2 amide bonds. The van der Waals surface area contributed by atoms with Crippen LogP contribution in [-0.4, -0.2) is 37.9 Å². The predicted molar refractivity (Wildman–Crippen MR) is 160 cm³/mol. The van der Waals surface area contributed by atoms with Crippen molar-refractivity contribution >= 4 is 39.7 Å². The van der Waals surface area contributed by atoms with Gasteiger partial charge in [-0.2, -0.15) is 0 Å². The van der Waals surface area contributed by atoms with Crippen LogP contribution < -0.4 is 20.1 Å². The molecule has 8 nitrogen and oxygen atoms in total. The fourth-order valence-corrected chi connectivity index (χ4v) is 4.57. The highest BCUT2D eigenvalue weighted by Crippen LogP contribution is 2.45. The van der Waals surface area contributed by atoms with Gasteiger partial charge < -0.3 is 24.8 Å². The second-order valence-corrected chi connectivity index (χ2v) is 9.38. The van der Waals surface area contributed by atoms with E-state index >= 15 is 0 Å². The van der Waals surface area contributed by atoms with E-state index in [4.69, 9.17) is 14.2 Å². The Bertz CT molecular complexity index is 1550. The van der Waals surface area contributed by atoms with Crippen molar-refractivity contribution in [1.82, 2.24) is 10.6 Å². The number of hydrogen-bond donors (Lipinski definition) is 2. The molecule has 0 spiro atoms. The summed E-state index contributed by atoms with van der Waals surface area (Å²) in [7, 11) is 0. The maximum absolute atomic E-state index is 12.8. The van der Waals surface area contributed by atoms with E-state index in [0.29, 0.717) is 23.4 Å². The van der Waals surface area contributed by atoms with Gasteiger partial charge in [-0.05, 0) is 40.1 Å². The SMILES string of the molecule is C=CC(=O)OCCNC(=O)Oc1ccc2ccccc2c1-c1c(OC(=O)NCCCCCC)ccc2ccccc12. The number of unbranched alkanes of at least 4 members (excludes halogenated alkanes) is 3. The van der Waals surface area contributed by atoms with Crippen molar-refractivity contribution in [3.63, 3.8) is 0 Å². The van der Waals surface area contributed by atoms with Crippen LogP contribution in [0.5, 0.6) is 11.5 Å². The first-order valence-corrected chi connectivity index (χ1v) is 13.8. The Kier molecular flexibility index (Phi) is 10.3. The number of fused-ring (bicyclic) bond motifs is 2. The smallest absolute Gasteiger partial charge is 0.412 e. The average Bonchev–Trinajstić information content (AvgIpc) is 2.99. The number of benzene rings is 4. The van der Waals surface area contributed by atoms with E-state index in [1.54, 1.807) is 12.1 Å². The molecule has 4 rings (SSSR count). The number of rotatable bonds is 12. The predicted octanol–water partition coefficient (Wildman–Crippen LogP) is 7.15. The lowest BCUT2D eigenvalue weighted by atomic mass is 9.92. The van der Waals surface area contributed by atoms with Gasteiger partial charge in [0, 0.05) is 23.7 Å². The van der Waals surface area contributed by atoms with E-state index in [1.165, 1.54) is 0 Å². The number of nitrogens with one attached hydrogen (secondary N) is 2. The molecule has 0 radical (unpaired) electrons. The number of ether oxygens (including phenoxy) is 3. The maximum Gasteiger partial charge on any atom is 0.412 e.